The molecule has 1 aliphatic heterocycles. The Morgan fingerprint density at radius 1 is 1.04 bits per heavy atom. The fourth-order valence-corrected chi connectivity index (χ4v) is 7.36. The van der Waals surface area contributed by atoms with Crippen LogP contribution in [-0.2, 0) is 33.5 Å². The third kappa shape index (κ3) is 3.97. The Hall–Kier alpha value is -1.27. The van der Waals surface area contributed by atoms with Crippen molar-refractivity contribution in [2.75, 3.05) is 26.2 Å². The number of sulfonamides is 2. The molecule has 0 radical (unpaired) electrons. The van der Waals surface area contributed by atoms with E-state index in [1.54, 1.807) is 24.6 Å². The second-order valence-electron chi connectivity index (χ2n) is 6.47. The van der Waals surface area contributed by atoms with Gasteiger partial charge in [-0.3, -0.25) is 0 Å². The molecule has 0 aliphatic carbocycles. The summed E-state index contributed by atoms with van der Waals surface area (Å²) >= 11 is 1.27. The number of thiophene rings is 1. The predicted octanol–water partition coefficient (Wildman–Crippen LogP) is 1.44. The van der Waals surface area contributed by atoms with Gasteiger partial charge in [0.05, 0.1) is 0 Å². The van der Waals surface area contributed by atoms with Gasteiger partial charge in [0.1, 0.15) is 10.0 Å². The topological polar surface area (TPSA) is 92.6 Å². The van der Waals surface area contributed by atoms with E-state index in [4.69, 9.17) is 0 Å². The van der Waals surface area contributed by atoms with Crippen molar-refractivity contribution in [1.82, 2.24) is 18.2 Å². The SMILES string of the molecule is CCc1ccc(S(=O)(=O)N2CCCN(S(=O)(=O)c3cn(C)c(C)n3)CC2)s1. The van der Waals surface area contributed by atoms with Crippen molar-refractivity contribution in [3.05, 3.63) is 29.0 Å². The largest absolute Gasteiger partial charge is 0.337 e. The van der Waals surface area contributed by atoms with E-state index in [-0.39, 0.29) is 24.7 Å². The molecule has 0 unspecified atom stereocenters. The lowest BCUT2D eigenvalue weighted by atomic mass is 10.4. The zero-order valence-electron chi connectivity index (χ0n) is 15.6. The van der Waals surface area contributed by atoms with Crippen molar-refractivity contribution in [2.24, 2.45) is 7.05 Å². The van der Waals surface area contributed by atoms with Crippen molar-refractivity contribution in [2.45, 2.75) is 35.9 Å². The van der Waals surface area contributed by atoms with Gasteiger partial charge in [-0.2, -0.15) is 8.61 Å². The van der Waals surface area contributed by atoms with Crippen molar-refractivity contribution in [3.8, 4) is 0 Å². The fourth-order valence-electron chi connectivity index (χ4n) is 2.95. The van der Waals surface area contributed by atoms with Crippen LogP contribution in [0.25, 0.3) is 0 Å². The maximum absolute atomic E-state index is 12.9. The molecule has 1 saturated heterocycles. The summed E-state index contributed by atoms with van der Waals surface area (Å²) in [6, 6.07) is 3.46. The average Bonchev–Trinajstić information content (AvgIpc) is 3.14. The Morgan fingerprint density at radius 3 is 2.19 bits per heavy atom. The molecule has 3 rings (SSSR count). The zero-order valence-corrected chi connectivity index (χ0v) is 18.1. The first-order chi connectivity index (χ1) is 12.7. The van der Waals surface area contributed by atoms with Gasteiger partial charge >= 0.3 is 0 Å². The van der Waals surface area contributed by atoms with E-state index in [1.165, 1.54) is 26.1 Å². The van der Waals surface area contributed by atoms with Crippen molar-refractivity contribution in [1.29, 1.82) is 0 Å². The molecule has 2 aromatic rings. The smallest absolute Gasteiger partial charge is 0.262 e. The van der Waals surface area contributed by atoms with Gasteiger partial charge in [-0.15, -0.1) is 11.3 Å². The van der Waals surface area contributed by atoms with Crippen LogP contribution in [0.5, 0.6) is 0 Å². The maximum atomic E-state index is 12.9. The molecule has 0 N–H and O–H groups in total. The second kappa shape index (κ2) is 7.63. The number of rotatable bonds is 5. The molecule has 1 aliphatic rings. The number of hydrogen-bond donors (Lipinski definition) is 0. The molecule has 0 bridgehead atoms. The predicted molar refractivity (Wildman–Crippen MR) is 104 cm³/mol. The van der Waals surface area contributed by atoms with Crippen LogP contribution in [0.1, 0.15) is 24.0 Å². The minimum Gasteiger partial charge on any atom is -0.337 e. The van der Waals surface area contributed by atoms with Crippen LogP contribution in [0, 0.1) is 6.92 Å². The summed E-state index contributed by atoms with van der Waals surface area (Å²) in [5, 5.41) is 0.00431. The molecule has 150 valence electrons. The summed E-state index contributed by atoms with van der Waals surface area (Å²) in [5.74, 6) is 0.608. The van der Waals surface area contributed by atoms with E-state index in [9.17, 15) is 16.8 Å². The number of imidazole rings is 1. The van der Waals surface area contributed by atoms with Gasteiger partial charge < -0.3 is 4.57 Å². The van der Waals surface area contributed by atoms with E-state index in [1.807, 2.05) is 13.0 Å². The monoisotopic (exact) mass is 432 g/mol. The lowest BCUT2D eigenvalue weighted by Gasteiger charge is -2.20. The fraction of sp³-hybridized carbons (Fsp3) is 0.562. The Morgan fingerprint density at radius 2 is 1.67 bits per heavy atom. The van der Waals surface area contributed by atoms with Crippen molar-refractivity contribution in [3.63, 3.8) is 0 Å². The minimum atomic E-state index is -3.74. The van der Waals surface area contributed by atoms with E-state index in [0.717, 1.165) is 11.3 Å². The van der Waals surface area contributed by atoms with Crippen LogP contribution in [0.2, 0.25) is 0 Å². The molecule has 0 aromatic carbocycles. The van der Waals surface area contributed by atoms with Gasteiger partial charge in [0, 0.05) is 44.3 Å². The van der Waals surface area contributed by atoms with Gasteiger partial charge in [-0.1, -0.05) is 6.92 Å². The molecule has 3 heterocycles. The highest BCUT2D eigenvalue weighted by molar-refractivity contribution is 7.91. The Labute approximate surface area is 164 Å². The molecular weight excluding hydrogens is 408 g/mol. The molecule has 0 saturated carbocycles. The lowest BCUT2D eigenvalue weighted by Crippen LogP contribution is -2.37. The van der Waals surface area contributed by atoms with E-state index in [2.05, 4.69) is 4.98 Å². The normalized spacial score (nSPS) is 17.9. The van der Waals surface area contributed by atoms with Gasteiger partial charge in [-0.25, -0.2) is 21.8 Å². The Bertz CT molecular complexity index is 1000. The summed E-state index contributed by atoms with van der Waals surface area (Å²) in [6.45, 7) is 4.54. The summed E-state index contributed by atoms with van der Waals surface area (Å²) in [7, 11) is -5.60. The van der Waals surface area contributed by atoms with Crippen LogP contribution in [0.15, 0.2) is 27.6 Å². The third-order valence-electron chi connectivity index (χ3n) is 4.68. The first-order valence-electron chi connectivity index (χ1n) is 8.75. The number of hydrogen-bond acceptors (Lipinski definition) is 6. The van der Waals surface area contributed by atoms with Gasteiger partial charge in [-0.05, 0) is 31.9 Å². The van der Waals surface area contributed by atoms with Crippen molar-refractivity contribution >= 4 is 31.4 Å². The molecule has 0 spiro atoms. The molecule has 11 heteroatoms. The standard InChI is InChI=1S/C16H24N4O4S3/c1-4-14-6-7-16(25-14)27(23,24)20-9-5-8-19(10-11-20)26(21,22)15-12-18(3)13(2)17-15/h6-7,12H,4-5,8-11H2,1-3H3. The number of aryl methyl sites for hydroxylation is 3. The second-order valence-corrected chi connectivity index (χ2v) is 11.7. The molecule has 0 atom stereocenters. The number of nitrogens with zero attached hydrogens (tertiary/aromatic N) is 4. The highest BCUT2D eigenvalue weighted by Crippen LogP contribution is 2.27. The van der Waals surface area contributed by atoms with Crippen LogP contribution < -0.4 is 0 Å². The zero-order chi connectivity index (χ0) is 19.8. The quantitative estimate of drug-likeness (QED) is 0.713. The maximum Gasteiger partial charge on any atom is 0.262 e. The highest BCUT2D eigenvalue weighted by Gasteiger charge is 2.33. The first kappa shape index (κ1) is 20.5. The molecule has 8 nitrogen and oxygen atoms in total. The Balaban J connectivity index is 1.79. The van der Waals surface area contributed by atoms with Crippen LogP contribution in [-0.4, -0.2) is 61.2 Å². The molecule has 27 heavy (non-hydrogen) atoms. The Kier molecular flexibility index (Phi) is 5.78. The van der Waals surface area contributed by atoms with Gasteiger partial charge in [0.15, 0.2) is 5.03 Å². The van der Waals surface area contributed by atoms with E-state index in [0.29, 0.717) is 23.0 Å². The molecule has 2 aromatic heterocycles. The molecular formula is C16H24N4O4S3. The summed E-state index contributed by atoms with van der Waals surface area (Å²) in [6.07, 6.45) is 2.72. The van der Waals surface area contributed by atoms with Crippen LogP contribution >= 0.6 is 11.3 Å². The van der Waals surface area contributed by atoms with E-state index < -0.39 is 20.0 Å². The van der Waals surface area contributed by atoms with Gasteiger partial charge in [0.25, 0.3) is 20.0 Å². The third-order valence-corrected chi connectivity index (χ3v) is 10.1. The first-order valence-corrected chi connectivity index (χ1v) is 12.4. The summed E-state index contributed by atoms with van der Waals surface area (Å²) < 4.78 is 56.2. The summed E-state index contributed by atoms with van der Waals surface area (Å²) in [5.41, 5.74) is 0. The summed E-state index contributed by atoms with van der Waals surface area (Å²) in [4.78, 5) is 5.13. The average molecular weight is 433 g/mol. The van der Waals surface area contributed by atoms with Crippen LogP contribution in [0.4, 0.5) is 0 Å². The molecule has 0 amide bonds. The van der Waals surface area contributed by atoms with E-state index >= 15 is 0 Å². The highest BCUT2D eigenvalue weighted by atomic mass is 32.2. The number of aromatic nitrogens is 2. The van der Waals surface area contributed by atoms with Crippen LogP contribution in [0.3, 0.4) is 0 Å². The molecule has 1 fully saturated rings. The minimum absolute atomic E-state index is 0.00431. The van der Waals surface area contributed by atoms with Crippen molar-refractivity contribution < 1.29 is 16.8 Å². The van der Waals surface area contributed by atoms with Gasteiger partial charge in [0.2, 0.25) is 0 Å². The lowest BCUT2D eigenvalue weighted by molar-refractivity contribution is 0.404.